The van der Waals surface area contributed by atoms with E-state index in [0.717, 1.165) is 18.9 Å². The molecule has 0 heterocycles. The van der Waals surface area contributed by atoms with Crippen molar-refractivity contribution in [2.24, 2.45) is 5.73 Å². The Morgan fingerprint density at radius 2 is 1.94 bits per heavy atom. The predicted molar refractivity (Wildman–Crippen MR) is 56.6 cm³/mol. The molecule has 0 amide bonds. The summed E-state index contributed by atoms with van der Waals surface area (Å²) in [7, 11) is 0. The van der Waals surface area contributed by atoms with Gasteiger partial charge in [0.25, 0.3) is 0 Å². The fraction of sp³-hybridized carbons (Fsp3) is 0.364. The molecule has 0 radical (unpaired) electrons. The first-order chi connectivity index (χ1) is 7.41. The average molecular weight is 223 g/mol. The van der Waals surface area contributed by atoms with Crippen molar-refractivity contribution in [2.75, 3.05) is 0 Å². The SMILES string of the molecule is NC1(Cc2cc(C(=O)O)c(O)cc2O)CC1. The van der Waals surface area contributed by atoms with Crippen LogP contribution in [0.5, 0.6) is 11.5 Å². The van der Waals surface area contributed by atoms with Gasteiger partial charge in [-0.05, 0) is 30.9 Å². The Labute approximate surface area is 92.1 Å². The van der Waals surface area contributed by atoms with Gasteiger partial charge in [0.2, 0.25) is 0 Å². The molecule has 0 saturated heterocycles. The lowest BCUT2D eigenvalue weighted by atomic mass is 10.0. The minimum atomic E-state index is -1.22. The van der Waals surface area contributed by atoms with Crippen molar-refractivity contribution in [3.05, 3.63) is 23.3 Å². The maximum absolute atomic E-state index is 10.8. The minimum absolute atomic E-state index is 0.112. The first-order valence-electron chi connectivity index (χ1n) is 4.98. The molecule has 1 aliphatic carbocycles. The number of aromatic hydroxyl groups is 2. The number of phenolic OH excluding ortho intramolecular Hbond substituents is 1. The van der Waals surface area contributed by atoms with E-state index in [0.29, 0.717) is 12.0 Å². The van der Waals surface area contributed by atoms with Gasteiger partial charge in [0.15, 0.2) is 0 Å². The number of nitrogens with two attached hydrogens (primary N) is 1. The molecular formula is C11H13NO4. The van der Waals surface area contributed by atoms with Gasteiger partial charge in [-0.25, -0.2) is 4.79 Å². The number of rotatable bonds is 3. The van der Waals surface area contributed by atoms with Gasteiger partial charge in [-0.15, -0.1) is 0 Å². The van der Waals surface area contributed by atoms with Crippen LogP contribution in [0.4, 0.5) is 0 Å². The zero-order chi connectivity index (χ0) is 11.9. The molecule has 1 fully saturated rings. The van der Waals surface area contributed by atoms with E-state index in [-0.39, 0.29) is 16.9 Å². The van der Waals surface area contributed by atoms with E-state index in [1.807, 2.05) is 0 Å². The predicted octanol–water partition coefficient (Wildman–Crippen LogP) is 0.830. The van der Waals surface area contributed by atoms with Crippen molar-refractivity contribution in [2.45, 2.75) is 24.8 Å². The molecule has 0 bridgehead atoms. The summed E-state index contributed by atoms with van der Waals surface area (Å²) >= 11 is 0. The van der Waals surface area contributed by atoms with Gasteiger partial charge in [-0.3, -0.25) is 0 Å². The highest BCUT2D eigenvalue weighted by Crippen LogP contribution is 2.39. The van der Waals surface area contributed by atoms with Crippen LogP contribution in [0, 0.1) is 0 Å². The molecule has 16 heavy (non-hydrogen) atoms. The standard InChI is InChI=1S/C11H13NO4/c12-11(1-2-11)5-6-3-7(10(15)16)9(14)4-8(6)13/h3-4,13-14H,1-2,5,12H2,(H,15,16). The number of carbonyl (C=O) groups is 1. The summed E-state index contributed by atoms with van der Waals surface area (Å²) in [4.78, 5) is 10.8. The van der Waals surface area contributed by atoms with E-state index in [9.17, 15) is 15.0 Å². The Balaban J connectivity index is 2.37. The third-order valence-electron chi connectivity index (χ3n) is 2.86. The zero-order valence-electron chi connectivity index (χ0n) is 8.60. The number of hydrogen-bond donors (Lipinski definition) is 4. The molecule has 1 aromatic carbocycles. The average Bonchev–Trinajstić information content (AvgIpc) is 2.88. The van der Waals surface area contributed by atoms with Gasteiger partial charge in [-0.2, -0.15) is 0 Å². The van der Waals surface area contributed by atoms with Crippen LogP contribution in [0.2, 0.25) is 0 Å². The summed E-state index contributed by atoms with van der Waals surface area (Å²) in [6.07, 6.45) is 2.17. The van der Waals surface area contributed by atoms with Crippen molar-refractivity contribution < 1.29 is 20.1 Å². The monoisotopic (exact) mass is 223 g/mol. The van der Waals surface area contributed by atoms with Crippen molar-refractivity contribution in [1.29, 1.82) is 0 Å². The summed E-state index contributed by atoms with van der Waals surface area (Å²) in [6.45, 7) is 0. The lowest BCUT2D eigenvalue weighted by Crippen LogP contribution is -2.24. The molecule has 0 atom stereocenters. The topological polar surface area (TPSA) is 104 Å². The highest BCUT2D eigenvalue weighted by molar-refractivity contribution is 5.91. The maximum Gasteiger partial charge on any atom is 0.339 e. The van der Waals surface area contributed by atoms with Crippen molar-refractivity contribution in [1.82, 2.24) is 0 Å². The second-order valence-corrected chi connectivity index (χ2v) is 4.34. The molecule has 0 unspecified atom stereocenters. The van der Waals surface area contributed by atoms with Crippen LogP contribution < -0.4 is 5.73 Å². The molecule has 5 heteroatoms. The fourth-order valence-electron chi connectivity index (χ4n) is 1.65. The maximum atomic E-state index is 10.8. The van der Waals surface area contributed by atoms with E-state index in [2.05, 4.69) is 0 Å². The summed E-state index contributed by atoms with van der Waals surface area (Å²) in [5.74, 6) is -1.77. The quantitative estimate of drug-likeness (QED) is 0.607. The molecule has 86 valence electrons. The molecule has 5 N–H and O–H groups in total. The first-order valence-corrected chi connectivity index (χ1v) is 4.98. The molecule has 1 aromatic rings. The number of carboxylic acid groups (broad SMARTS) is 1. The summed E-state index contributed by atoms with van der Waals surface area (Å²) in [5.41, 5.74) is 5.83. The van der Waals surface area contributed by atoms with Crippen LogP contribution in [0.1, 0.15) is 28.8 Å². The fourth-order valence-corrected chi connectivity index (χ4v) is 1.65. The molecular weight excluding hydrogens is 210 g/mol. The van der Waals surface area contributed by atoms with Gasteiger partial charge in [0, 0.05) is 11.6 Å². The third-order valence-corrected chi connectivity index (χ3v) is 2.86. The lowest BCUT2D eigenvalue weighted by molar-refractivity contribution is 0.0693. The van der Waals surface area contributed by atoms with Gasteiger partial charge >= 0.3 is 5.97 Å². The molecule has 5 nitrogen and oxygen atoms in total. The molecule has 1 saturated carbocycles. The van der Waals surface area contributed by atoms with E-state index in [1.165, 1.54) is 6.07 Å². The van der Waals surface area contributed by atoms with Crippen LogP contribution in [0.25, 0.3) is 0 Å². The second kappa shape index (κ2) is 3.38. The molecule has 0 spiro atoms. The normalized spacial score (nSPS) is 17.1. The van der Waals surface area contributed by atoms with Crippen LogP contribution in [-0.4, -0.2) is 26.8 Å². The Morgan fingerprint density at radius 3 is 2.44 bits per heavy atom. The van der Waals surface area contributed by atoms with E-state index in [4.69, 9.17) is 10.8 Å². The van der Waals surface area contributed by atoms with E-state index < -0.39 is 11.7 Å². The van der Waals surface area contributed by atoms with Crippen LogP contribution in [-0.2, 0) is 6.42 Å². The lowest BCUT2D eigenvalue weighted by Gasteiger charge is -2.11. The number of benzene rings is 1. The van der Waals surface area contributed by atoms with Crippen molar-refractivity contribution >= 4 is 5.97 Å². The van der Waals surface area contributed by atoms with Crippen LogP contribution >= 0.6 is 0 Å². The number of aromatic carboxylic acids is 1. The molecule has 0 aliphatic heterocycles. The number of carboxylic acids is 1. The highest BCUT2D eigenvalue weighted by Gasteiger charge is 2.38. The zero-order valence-corrected chi connectivity index (χ0v) is 8.60. The Morgan fingerprint density at radius 1 is 1.31 bits per heavy atom. The highest BCUT2D eigenvalue weighted by atomic mass is 16.4. The Bertz CT molecular complexity index is 452. The van der Waals surface area contributed by atoms with E-state index >= 15 is 0 Å². The van der Waals surface area contributed by atoms with Gasteiger partial charge in [0.05, 0.1) is 0 Å². The Hall–Kier alpha value is -1.75. The summed E-state index contributed by atoms with van der Waals surface area (Å²) < 4.78 is 0. The van der Waals surface area contributed by atoms with Crippen molar-refractivity contribution in [3.8, 4) is 11.5 Å². The third kappa shape index (κ3) is 1.94. The number of hydrogen-bond acceptors (Lipinski definition) is 4. The van der Waals surface area contributed by atoms with Crippen LogP contribution in [0.15, 0.2) is 12.1 Å². The van der Waals surface area contributed by atoms with Gasteiger partial charge < -0.3 is 21.1 Å². The second-order valence-electron chi connectivity index (χ2n) is 4.34. The smallest absolute Gasteiger partial charge is 0.339 e. The first kappa shape index (κ1) is 10.8. The van der Waals surface area contributed by atoms with Gasteiger partial charge in [-0.1, -0.05) is 0 Å². The van der Waals surface area contributed by atoms with Gasteiger partial charge in [0.1, 0.15) is 17.1 Å². The largest absolute Gasteiger partial charge is 0.508 e. The molecule has 1 aliphatic rings. The molecule has 2 rings (SSSR count). The molecule has 0 aromatic heterocycles. The minimum Gasteiger partial charge on any atom is -0.508 e. The summed E-state index contributed by atoms with van der Waals surface area (Å²) in [6, 6.07) is 2.32. The Kier molecular flexibility index (Phi) is 2.27. The number of phenols is 2. The summed E-state index contributed by atoms with van der Waals surface area (Å²) in [5, 5.41) is 27.7. The van der Waals surface area contributed by atoms with E-state index in [1.54, 1.807) is 0 Å². The van der Waals surface area contributed by atoms with Crippen molar-refractivity contribution in [3.63, 3.8) is 0 Å². The van der Waals surface area contributed by atoms with Crippen LogP contribution in [0.3, 0.4) is 0 Å².